The molecule has 7 heteroatoms. The second-order valence-corrected chi connectivity index (χ2v) is 4.49. The molecule has 0 saturated carbocycles. The molecule has 3 N–H and O–H groups in total. The molecule has 17 heavy (non-hydrogen) atoms. The SMILES string of the molecule is Nc1nc(Cl)cc(NCCc2ccc(Br)o2)n1. The molecular formula is C10H10BrClN4O. The number of nitrogen functional groups attached to an aromatic ring is 1. The lowest BCUT2D eigenvalue weighted by Gasteiger charge is -2.04. The number of anilines is 2. The van der Waals surface area contributed by atoms with Gasteiger partial charge in [0.15, 0.2) is 4.67 Å². The molecule has 0 radical (unpaired) electrons. The van der Waals surface area contributed by atoms with Gasteiger partial charge in [-0.3, -0.25) is 0 Å². The van der Waals surface area contributed by atoms with E-state index in [0.717, 1.165) is 16.9 Å². The lowest BCUT2D eigenvalue weighted by atomic mass is 10.3. The van der Waals surface area contributed by atoms with Crippen LogP contribution in [-0.2, 0) is 6.42 Å². The van der Waals surface area contributed by atoms with Crippen molar-refractivity contribution in [3.05, 3.63) is 33.8 Å². The largest absolute Gasteiger partial charge is 0.454 e. The molecule has 0 amide bonds. The van der Waals surface area contributed by atoms with Gasteiger partial charge in [0, 0.05) is 19.0 Å². The van der Waals surface area contributed by atoms with E-state index in [4.69, 9.17) is 21.8 Å². The average molecular weight is 318 g/mol. The molecule has 0 aliphatic carbocycles. The van der Waals surface area contributed by atoms with Gasteiger partial charge in [-0.05, 0) is 28.1 Å². The molecule has 0 aliphatic heterocycles. The Labute approximate surface area is 112 Å². The smallest absolute Gasteiger partial charge is 0.223 e. The first-order valence-corrected chi connectivity index (χ1v) is 6.09. The van der Waals surface area contributed by atoms with Crippen LogP contribution in [0, 0.1) is 0 Å². The normalized spacial score (nSPS) is 10.5. The first-order valence-electron chi connectivity index (χ1n) is 4.91. The first-order chi connectivity index (χ1) is 8.13. The van der Waals surface area contributed by atoms with E-state index in [1.54, 1.807) is 6.07 Å². The summed E-state index contributed by atoms with van der Waals surface area (Å²) in [5.41, 5.74) is 5.47. The number of nitrogens with one attached hydrogen (secondary N) is 1. The van der Waals surface area contributed by atoms with Gasteiger partial charge in [0.2, 0.25) is 5.95 Å². The molecule has 2 heterocycles. The molecule has 0 aliphatic rings. The van der Waals surface area contributed by atoms with Crippen LogP contribution in [0.4, 0.5) is 11.8 Å². The maximum absolute atomic E-state index is 5.75. The summed E-state index contributed by atoms with van der Waals surface area (Å²) in [6, 6.07) is 5.39. The fourth-order valence-corrected chi connectivity index (χ4v) is 1.86. The third kappa shape index (κ3) is 3.61. The molecule has 0 aromatic carbocycles. The number of nitrogens with two attached hydrogens (primary N) is 1. The highest BCUT2D eigenvalue weighted by Crippen LogP contribution is 2.15. The molecule has 0 fully saturated rings. The minimum Gasteiger partial charge on any atom is -0.454 e. The Balaban J connectivity index is 1.89. The topological polar surface area (TPSA) is 77.0 Å². The summed E-state index contributed by atoms with van der Waals surface area (Å²) in [7, 11) is 0. The molecular weight excluding hydrogens is 307 g/mol. The van der Waals surface area contributed by atoms with Gasteiger partial charge in [0.25, 0.3) is 0 Å². The van der Waals surface area contributed by atoms with E-state index in [0.29, 0.717) is 17.5 Å². The Hall–Kier alpha value is -1.27. The summed E-state index contributed by atoms with van der Waals surface area (Å²) >= 11 is 9.00. The highest BCUT2D eigenvalue weighted by molar-refractivity contribution is 9.10. The predicted molar refractivity (Wildman–Crippen MR) is 70.1 cm³/mol. The molecule has 2 rings (SSSR count). The van der Waals surface area contributed by atoms with Gasteiger partial charge in [0.1, 0.15) is 16.7 Å². The quantitative estimate of drug-likeness (QED) is 0.848. The van der Waals surface area contributed by atoms with Crippen LogP contribution in [-0.4, -0.2) is 16.5 Å². The van der Waals surface area contributed by atoms with Crippen LogP contribution in [0.3, 0.4) is 0 Å². The van der Waals surface area contributed by atoms with Crippen molar-refractivity contribution in [2.75, 3.05) is 17.6 Å². The van der Waals surface area contributed by atoms with E-state index in [9.17, 15) is 0 Å². The van der Waals surface area contributed by atoms with Gasteiger partial charge in [-0.1, -0.05) is 11.6 Å². The van der Waals surface area contributed by atoms with Gasteiger partial charge in [-0.2, -0.15) is 4.98 Å². The minimum absolute atomic E-state index is 0.153. The monoisotopic (exact) mass is 316 g/mol. The van der Waals surface area contributed by atoms with E-state index in [-0.39, 0.29) is 5.95 Å². The van der Waals surface area contributed by atoms with Crippen molar-refractivity contribution in [2.45, 2.75) is 6.42 Å². The van der Waals surface area contributed by atoms with E-state index in [2.05, 4.69) is 31.2 Å². The number of hydrogen-bond donors (Lipinski definition) is 2. The summed E-state index contributed by atoms with van der Waals surface area (Å²) in [6.45, 7) is 0.673. The molecule has 90 valence electrons. The molecule has 5 nitrogen and oxygen atoms in total. The number of hydrogen-bond acceptors (Lipinski definition) is 5. The zero-order chi connectivity index (χ0) is 12.3. The molecule has 2 aromatic heterocycles. The zero-order valence-electron chi connectivity index (χ0n) is 8.78. The van der Waals surface area contributed by atoms with E-state index in [1.165, 1.54) is 0 Å². The summed E-state index contributed by atoms with van der Waals surface area (Å²) in [5.74, 6) is 1.64. The second kappa shape index (κ2) is 5.37. The van der Waals surface area contributed by atoms with Crippen molar-refractivity contribution in [3.8, 4) is 0 Å². The van der Waals surface area contributed by atoms with E-state index < -0.39 is 0 Å². The average Bonchev–Trinajstić information content (AvgIpc) is 2.63. The van der Waals surface area contributed by atoms with Crippen molar-refractivity contribution in [1.82, 2.24) is 9.97 Å². The Morgan fingerprint density at radius 1 is 1.41 bits per heavy atom. The molecule has 0 unspecified atom stereocenters. The number of aromatic nitrogens is 2. The summed E-state index contributed by atoms with van der Waals surface area (Å²) in [6.07, 6.45) is 0.743. The van der Waals surface area contributed by atoms with Crippen LogP contribution in [0.5, 0.6) is 0 Å². The van der Waals surface area contributed by atoms with Crippen LogP contribution in [0.2, 0.25) is 5.15 Å². The van der Waals surface area contributed by atoms with E-state index in [1.807, 2.05) is 12.1 Å². The highest BCUT2D eigenvalue weighted by atomic mass is 79.9. The van der Waals surface area contributed by atoms with Crippen LogP contribution >= 0.6 is 27.5 Å². The maximum atomic E-state index is 5.75. The number of nitrogens with zero attached hydrogens (tertiary/aromatic N) is 2. The van der Waals surface area contributed by atoms with E-state index >= 15 is 0 Å². The predicted octanol–water partition coefficient (Wildman–Crippen LogP) is 2.72. The lowest BCUT2D eigenvalue weighted by molar-refractivity contribution is 0.491. The van der Waals surface area contributed by atoms with Gasteiger partial charge in [-0.15, -0.1) is 0 Å². The maximum Gasteiger partial charge on any atom is 0.223 e. The fourth-order valence-electron chi connectivity index (χ4n) is 1.33. The molecule has 0 atom stereocenters. The highest BCUT2D eigenvalue weighted by Gasteiger charge is 2.02. The standard InChI is InChI=1S/C10H10BrClN4O/c11-7-2-1-6(17-7)3-4-14-9-5-8(12)15-10(13)16-9/h1-2,5H,3-4H2,(H3,13,14,15,16). The zero-order valence-corrected chi connectivity index (χ0v) is 11.1. The Morgan fingerprint density at radius 2 is 2.24 bits per heavy atom. The van der Waals surface area contributed by atoms with Crippen molar-refractivity contribution in [1.29, 1.82) is 0 Å². The van der Waals surface area contributed by atoms with Crippen molar-refractivity contribution in [3.63, 3.8) is 0 Å². The summed E-state index contributed by atoms with van der Waals surface area (Å²) in [5, 5.41) is 3.41. The van der Waals surface area contributed by atoms with Crippen molar-refractivity contribution >= 4 is 39.3 Å². The number of halogens is 2. The van der Waals surface area contributed by atoms with Crippen LogP contribution in [0.1, 0.15) is 5.76 Å². The Kier molecular flexibility index (Phi) is 3.86. The van der Waals surface area contributed by atoms with Gasteiger partial charge < -0.3 is 15.5 Å². The van der Waals surface area contributed by atoms with Crippen LogP contribution < -0.4 is 11.1 Å². The Morgan fingerprint density at radius 3 is 2.88 bits per heavy atom. The molecule has 0 spiro atoms. The fraction of sp³-hybridized carbons (Fsp3) is 0.200. The van der Waals surface area contributed by atoms with Crippen molar-refractivity contribution in [2.24, 2.45) is 0 Å². The third-order valence-electron chi connectivity index (χ3n) is 2.02. The Bertz CT molecular complexity index is 497. The van der Waals surface area contributed by atoms with Gasteiger partial charge >= 0.3 is 0 Å². The molecule has 0 saturated heterocycles. The first kappa shape index (κ1) is 12.2. The van der Waals surface area contributed by atoms with Crippen LogP contribution in [0.25, 0.3) is 0 Å². The number of rotatable bonds is 4. The van der Waals surface area contributed by atoms with Crippen molar-refractivity contribution < 1.29 is 4.42 Å². The number of furan rings is 1. The second-order valence-electron chi connectivity index (χ2n) is 3.32. The van der Waals surface area contributed by atoms with Gasteiger partial charge in [-0.25, -0.2) is 4.98 Å². The third-order valence-corrected chi connectivity index (χ3v) is 2.64. The lowest BCUT2D eigenvalue weighted by Crippen LogP contribution is -2.07. The molecule has 0 bridgehead atoms. The molecule has 2 aromatic rings. The van der Waals surface area contributed by atoms with Gasteiger partial charge in [0.05, 0.1) is 0 Å². The summed E-state index contributed by atoms with van der Waals surface area (Å²) in [4.78, 5) is 7.77. The van der Waals surface area contributed by atoms with Crippen LogP contribution in [0.15, 0.2) is 27.3 Å². The minimum atomic E-state index is 0.153. The summed E-state index contributed by atoms with van der Waals surface area (Å²) < 4.78 is 6.09.